The van der Waals surface area contributed by atoms with Gasteiger partial charge in [0, 0.05) is 18.5 Å². The number of nitrogens with one attached hydrogen (secondary N) is 1. The second-order valence-corrected chi connectivity index (χ2v) is 6.66. The Morgan fingerprint density at radius 2 is 1.88 bits per heavy atom. The zero-order valence-electron chi connectivity index (χ0n) is 12.6. The molecule has 0 bridgehead atoms. The molecule has 0 fully saturated rings. The smallest absolute Gasteiger partial charge is 0.290 e. The average Bonchev–Trinajstić information content (AvgIpc) is 3.08. The van der Waals surface area contributed by atoms with Gasteiger partial charge in [-0.1, -0.05) is 0 Å². The topological polar surface area (TPSA) is 89.8 Å². The molecule has 0 saturated carbocycles. The van der Waals surface area contributed by atoms with Gasteiger partial charge in [-0.2, -0.15) is 13.2 Å². The van der Waals surface area contributed by atoms with Gasteiger partial charge in [0.05, 0.1) is 10.5 Å². The molecule has 2 heterocycles. The minimum Gasteiger partial charge on any atom is -0.290 e. The molecule has 2 aromatic heterocycles. The van der Waals surface area contributed by atoms with Crippen LogP contribution in [0.25, 0.3) is 5.82 Å². The molecular formula is C14H9F4N5O2S. The maximum atomic E-state index is 13.3. The third kappa shape index (κ3) is 3.64. The number of hydrogen-bond donors (Lipinski definition) is 1. The van der Waals surface area contributed by atoms with E-state index < -0.39 is 32.5 Å². The minimum absolute atomic E-state index is 0.179. The van der Waals surface area contributed by atoms with Gasteiger partial charge in [0.15, 0.2) is 0 Å². The predicted octanol–water partition coefficient (Wildman–Crippen LogP) is 2.62. The zero-order valence-corrected chi connectivity index (χ0v) is 13.5. The summed E-state index contributed by atoms with van der Waals surface area (Å²) in [5.41, 5.74) is -1.68. The quantitative estimate of drug-likeness (QED) is 0.695. The third-order valence-corrected chi connectivity index (χ3v) is 4.57. The summed E-state index contributed by atoms with van der Waals surface area (Å²) in [6, 6.07) is 2.64. The molecule has 26 heavy (non-hydrogen) atoms. The van der Waals surface area contributed by atoms with Crippen molar-refractivity contribution in [2.75, 3.05) is 4.72 Å². The van der Waals surface area contributed by atoms with E-state index in [2.05, 4.69) is 15.0 Å². The molecule has 1 N–H and O–H groups in total. The highest BCUT2D eigenvalue weighted by molar-refractivity contribution is 7.92. The van der Waals surface area contributed by atoms with E-state index in [0.717, 1.165) is 12.4 Å². The average molecular weight is 387 g/mol. The van der Waals surface area contributed by atoms with Crippen molar-refractivity contribution in [3.63, 3.8) is 0 Å². The highest BCUT2D eigenvalue weighted by Gasteiger charge is 2.35. The van der Waals surface area contributed by atoms with Crippen LogP contribution in [0.3, 0.4) is 0 Å². The van der Waals surface area contributed by atoms with E-state index in [9.17, 15) is 26.0 Å². The number of anilines is 1. The Balaban J connectivity index is 1.94. The second kappa shape index (κ2) is 6.37. The first-order valence-electron chi connectivity index (χ1n) is 6.87. The first kappa shape index (κ1) is 17.8. The summed E-state index contributed by atoms with van der Waals surface area (Å²) in [6.07, 6.45) is 0.480. The predicted molar refractivity (Wildman–Crippen MR) is 81.4 cm³/mol. The molecule has 0 radical (unpaired) electrons. The van der Waals surface area contributed by atoms with Gasteiger partial charge in [-0.3, -0.25) is 9.29 Å². The number of rotatable bonds is 4. The lowest BCUT2D eigenvalue weighted by molar-refractivity contribution is -0.140. The number of sulfonamides is 1. The van der Waals surface area contributed by atoms with Gasteiger partial charge in [0.2, 0.25) is 0 Å². The monoisotopic (exact) mass is 387 g/mol. The van der Waals surface area contributed by atoms with Gasteiger partial charge in [0.25, 0.3) is 10.0 Å². The van der Waals surface area contributed by atoms with Crippen LogP contribution in [-0.2, 0) is 16.2 Å². The molecular weight excluding hydrogens is 378 g/mol. The fraction of sp³-hybridized carbons (Fsp3) is 0.0714. The van der Waals surface area contributed by atoms with Crippen molar-refractivity contribution < 1.29 is 26.0 Å². The van der Waals surface area contributed by atoms with Gasteiger partial charge in [-0.05, 0) is 18.2 Å². The van der Waals surface area contributed by atoms with Gasteiger partial charge in [0.1, 0.15) is 30.1 Å². The Morgan fingerprint density at radius 1 is 1.12 bits per heavy atom. The van der Waals surface area contributed by atoms with Crippen molar-refractivity contribution in [3.8, 4) is 5.82 Å². The van der Waals surface area contributed by atoms with Gasteiger partial charge in [-0.25, -0.2) is 27.8 Å². The molecule has 0 aliphatic rings. The van der Waals surface area contributed by atoms with Crippen LogP contribution in [0.1, 0.15) is 5.56 Å². The number of hydrogen-bond acceptors (Lipinski definition) is 5. The van der Waals surface area contributed by atoms with Crippen LogP contribution in [0.5, 0.6) is 0 Å². The molecule has 0 unspecified atom stereocenters. The molecule has 3 rings (SSSR count). The number of alkyl halides is 3. The molecule has 1 aromatic carbocycles. The first-order chi connectivity index (χ1) is 12.2. The molecule has 136 valence electrons. The lowest BCUT2D eigenvalue weighted by Gasteiger charge is -2.12. The van der Waals surface area contributed by atoms with E-state index in [1.807, 2.05) is 4.72 Å². The number of imidazole rings is 1. The Bertz CT molecular complexity index is 1040. The van der Waals surface area contributed by atoms with Crippen LogP contribution in [0.4, 0.5) is 23.4 Å². The number of halogens is 4. The number of nitrogens with zero attached hydrogens (tertiary/aromatic N) is 4. The van der Waals surface area contributed by atoms with Crippen LogP contribution in [0.15, 0.2) is 54.2 Å². The summed E-state index contributed by atoms with van der Waals surface area (Å²) in [5.74, 6) is -1.47. The van der Waals surface area contributed by atoms with E-state index in [1.165, 1.54) is 23.2 Å². The summed E-state index contributed by atoms with van der Waals surface area (Å²) in [6.45, 7) is 0. The fourth-order valence-corrected chi connectivity index (χ4v) is 3.05. The highest BCUT2D eigenvalue weighted by Crippen LogP contribution is 2.33. The molecule has 0 atom stereocenters. The van der Waals surface area contributed by atoms with E-state index in [-0.39, 0.29) is 17.7 Å². The van der Waals surface area contributed by atoms with Crippen LogP contribution in [-0.4, -0.2) is 27.9 Å². The maximum Gasteiger partial charge on any atom is 0.419 e. The largest absolute Gasteiger partial charge is 0.419 e. The Kier molecular flexibility index (Phi) is 4.36. The van der Waals surface area contributed by atoms with Crippen molar-refractivity contribution in [3.05, 3.63) is 60.7 Å². The zero-order chi connectivity index (χ0) is 18.9. The molecule has 0 spiro atoms. The van der Waals surface area contributed by atoms with Gasteiger partial charge < -0.3 is 0 Å². The lowest BCUT2D eigenvalue weighted by atomic mass is 10.2. The Morgan fingerprint density at radius 3 is 2.54 bits per heavy atom. The SMILES string of the molecule is O=S(=O)(Nc1cc(-n2ccnc2)ncn1)c1ccc(F)c(C(F)(F)F)c1. The summed E-state index contributed by atoms with van der Waals surface area (Å²) >= 11 is 0. The van der Waals surface area contributed by atoms with Crippen molar-refractivity contribution in [1.29, 1.82) is 0 Å². The van der Waals surface area contributed by atoms with Crippen LogP contribution < -0.4 is 4.72 Å². The maximum absolute atomic E-state index is 13.3. The molecule has 3 aromatic rings. The molecule has 0 saturated heterocycles. The highest BCUT2D eigenvalue weighted by atomic mass is 32.2. The van der Waals surface area contributed by atoms with Crippen molar-refractivity contribution in [2.24, 2.45) is 0 Å². The van der Waals surface area contributed by atoms with Crippen LogP contribution in [0, 0.1) is 5.82 Å². The molecule has 12 heteroatoms. The third-order valence-electron chi connectivity index (χ3n) is 3.21. The summed E-state index contributed by atoms with van der Waals surface area (Å²) < 4.78 is 79.8. The van der Waals surface area contributed by atoms with E-state index in [0.29, 0.717) is 6.07 Å². The summed E-state index contributed by atoms with van der Waals surface area (Å²) in [4.78, 5) is 10.7. The van der Waals surface area contributed by atoms with Crippen LogP contribution >= 0.6 is 0 Å². The van der Waals surface area contributed by atoms with E-state index in [1.54, 1.807) is 6.20 Å². The minimum atomic E-state index is -5.03. The van der Waals surface area contributed by atoms with E-state index in [4.69, 9.17) is 0 Å². The van der Waals surface area contributed by atoms with Crippen LogP contribution in [0.2, 0.25) is 0 Å². The van der Waals surface area contributed by atoms with Gasteiger partial charge in [-0.15, -0.1) is 0 Å². The lowest BCUT2D eigenvalue weighted by Crippen LogP contribution is -2.16. The number of benzene rings is 1. The normalized spacial score (nSPS) is 12.2. The molecule has 7 nitrogen and oxygen atoms in total. The summed E-state index contributed by atoms with van der Waals surface area (Å²) in [7, 11) is -4.43. The van der Waals surface area contributed by atoms with Gasteiger partial charge >= 0.3 is 6.18 Å². The Labute approximate surface area is 144 Å². The molecule has 0 amide bonds. The fourth-order valence-electron chi connectivity index (χ4n) is 2.02. The summed E-state index contributed by atoms with van der Waals surface area (Å²) in [5, 5.41) is 0. The second-order valence-electron chi connectivity index (χ2n) is 4.98. The van der Waals surface area contributed by atoms with Crippen molar-refractivity contribution >= 4 is 15.8 Å². The molecule has 0 aliphatic heterocycles. The number of aromatic nitrogens is 4. The van der Waals surface area contributed by atoms with Crippen molar-refractivity contribution in [1.82, 2.24) is 19.5 Å². The van der Waals surface area contributed by atoms with E-state index >= 15 is 0 Å². The first-order valence-corrected chi connectivity index (χ1v) is 8.35. The van der Waals surface area contributed by atoms with Crippen molar-refractivity contribution in [2.45, 2.75) is 11.1 Å². The Hall–Kier alpha value is -3.02. The standard InChI is InChI=1S/C14H9F4N5O2S/c15-11-2-1-9(5-10(11)14(16,17)18)26(24,25)22-12-6-13(21-7-20-12)23-4-3-19-8-23/h1-8H,(H,20,21,22). The molecule has 0 aliphatic carbocycles.